The van der Waals surface area contributed by atoms with E-state index in [-0.39, 0.29) is 6.03 Å². The van der Waals surface area contributed by atoms with Gasteiger partial charge in [0.25, 0.3) is 0 Å². The molecule has 0 unspecified atom stereocenters. The second-order valence-electron chi connectivity index (χ2n) is 4.03. The maximum Gasteiger partial charge on any atom is 0.320 e. The van der Waals surface area contributed by atoms with Crippen LogP contribution in [0.4, 0.5) is 9.80 Å². The molecule has 0 radical (unpaired) electrons. The van der Waals surface area contributed by atoms with E-state index in [1.807, 2.05) is 17.5 Å². The Hall–Kier alpha value is -1.55. The number of anilines is 1. The second kappa shape index (κ2) is 7.79. The van der Waals surface area contributed by atoms with Gasteiger partial charge in [-0.1, -0.05) is 11.8 Å². The number of urea groups is 1. The topological polar surface area (TPSA) is 53.6 Å². The first-order valence-corrected chi connectivity index (χ1v) is 7.07. The molecular formula is C13H17N3O2S. The average molecular weight is 279 g/mol. The number of ether oxygens (including phenoxy) is 1. The summed E-state index contributed by atoms with van der Waals surface area (Å²) in [6, 6.07) is 3.53. The number of rotatable bonds is 3. The fraction of sp³-hybridized carbons (Fsp3) is 0.462. The lowest BCUT2D eigenvalue weighted by Crippen LogP contribution is -2.36. The molecule has 1 aromatic rings. The summed E-state index contributed by atoms with van der Waals surface area (Å²) in [5.74, 6) is 5.99. The molecule has 5 nitrogen and oxygen atoms in total. The first kappa shape index (κ1) is 13.9. The first-order chi connectivity index (χ1) is 9.34. The van der Waals surface area contributed by atoms with Crippen molar-refractivity contribution in [1.82, 2.24) is 10.2 Å². The highest BCUT2D eigenvalue weighted by Gasteiger charge is 2.07. The lowest BCUT2D eigenvalue weighted by atomic mass is 10.4. The van der Waals surface area contributed by atoms with Gasteiger partial charge in [-0.05, 0) is 17.5 Å². The first-order valence-electron chi connectivity index (χ1n) is 6.19. The number of carbonyl (C=O) groups excluding carboxylic acids is 1. The minimum atomic E-state index is -0.219. The Bertz CT molecular complexity index is 444. The molecule has 2 rings (SSSR count). The van der Waals surface area contributed by atoms with Gasteiger partial charge in [0.05, 0.1) is 31.3 Å². The van der Waals surface area contributed by atoms with Crippen LogP contribution in [0, 0.1) is 11.8 Å². The van der Waals surface area contributed by atoms with Gasteiger partial charge in [0.2, 0.25) is 0 Å². The van der Waals surface area contributed by atoms with Crippen molar-refractivity contribution in [3.05, 3.63) is 17.5 Å². The van der Waals surface area contributed by atoms with Crippen LogP contribution in [0.2, 0.25) is 0 Å². The predicted octanol–water partition coefficient (Wildman–Crippen LogP) is 1.21. The molecule has 2 heterocycles. The third-order valence-corrected chi connectivity index (χ3v) is 3.41. The van der Waals surface area contributed by atoms with E-state index < -0.39 is 0 Å². The van der Waals surface area contributed by atoms with Gasteiger partial charge in [-0.3, -0.25) is 10.2 Å². The average Bonchev–Trinajstić information content (AvgIpc) is 2.92. The van der Waals surface area contributed by atoms with Crippen molar-refractivity contribution in [2.45, 2.75) is 0 Å². The van der Waals surface area contributed by atoms with Crippen LogP contribution in [0.5, 0.6) is 0 Å². The van der Waals surface area contributed by atoms with Gasteiger partial charge in [-0.2, -0.15) is 0 Å². The van der Waals surface area contributed by atoms with Gasteiger partial charge < -0.3 is 10.1 Å². The van der Waals surface area contributed by atoms with Crippen molar-refractivity contribution in [2.24, 2.45) is 0 Å². The third-order valence-electron chi connectivity index (χ3n) is 2.63. The maximum absolute atomic E-state index is 11.5. The monoisotopic (exact) mass is 279 g/mol. The van der Waals surface area contributed by atoms with Crippen molar-refractivity contribution in [1.29, 1.82) is 0 Å². The number of hydrogen-bond donors (Lipinski definition) is 2. The SMILES string of the molecule is O=C(NCC#CCN1CCOCC1)Nc1cccs1. The van der Waals surface area contributed by atoms with Gasteiger partial charge in [0, 0.05) is 13.1 Å². The fourth-order valence-electron chi connectivity index (χ4n) is 1.62. The summed E-state index contributed by atoms with van der Waals surface area (Å²) in [6.45, 7) is 4.52. The quantitative estimate of drug-likeness (QED) is 0.818. The molecular weight excluding hydrogens is 262 g/mol. The van der Waals surface area contributed by atoms with Crippen molar-refractivity contribution in [2.75, 3.05) is 44.7 Å². The van der Waals surface area contributed by atoms with Crippen LogP contribution < -0.4 is 10.6 Å². The third kappa shape index (κ3) is 5.30. The summed E-state index contributed by atoms with van der Waals surface area (Å²) >= 11 is 1.49. The Balaban J connectivity index is 1.59. The number of nitrogens with zero attached hydrogens (tertiary/aromatic N) is 1. The van der Waals surface area contributed by atoms with Crippen LogP contribution in [-0.4, -0.2) is 50.3 Å². The molecule has 2 amide bonds. The standard InChI is InChI=1S/C13H17N3O2S/c17-13(15-12-4-3-11-19-12)14-5-1-2-6-16-7-9-18-10-8-16/h3-4,11H,5-10H2,(H2,14,15,17). The number of morpholine rings is 1. The van der Waals surface area contributed by atoms with Crippen molar-refractivity contribution < 1.29 is 9.53 Å². The molecule has 102 valence electrons. The molecule has 6 heteroatoms. The van der Waals surface area contributed by atoms with Crippen molar-refractivity contribution in [3.8, 4) is 11.8 Å². The van der Waals surface area contributed by atoms with Gasteiger partial charge in [-0.15, -0.1) is 11.3 Å². The number of amides is 2. The minimum absolute atomic E-state index is 0.219. The molecule has 0 bridgehead atoms. The Morgan fingerprint density at radius 1 is 1.42 bits per heavy atom. The Kier molecular flexibility index (Phi) is 5.69. The number of thiophene rings is 1. The van der Waals surface area contributed by atoms with Gasteiger partial charge in [-0.25, -0.2) is 4.79 Å². The molecule has 0 aromatic carbocycles. The largest absolute Gasteiger partial charge is 0.379 e. The van der Waals surface area contributed by atoms with Crippen LogP contribution in [0.25, 0.3) is 0 Å². The zero-order chi connectivity index (χ0) is 13.3. The summed E-state index contributed by atoms with van der Waals surface area (Å²) < 4.78 is 5.25. The maximum atomic E-state index is 11.5. The molecule has 0 atom stereocenters. The summed E-state index contributed by atoms with van der Waals surface area (Å²) in [5.41, 5.74) is 0. The number of nitrogens with one attached hydrogen (secondary N) is 2. The highest BCUT2D eigenvalue weighted by molar-refractivity contribution is 7.14. The Labute approximate surface area is 116 Å². The van der Waals surface area contributed by atoms with E-state index in [4.69, 9.17) is 4.74 Å². The van der Waals surface area contributed by atoms with E-state index in [0.29, 0.717) is 6.54 Å². The molecule has 1 aliphatic heterocycles. The van der Waals surface area contributed by atoms with Crippen LogP contribution in [0.15, 0.2) is 17.5 Å². The van der Waals surface area contributed by atoms with Crippen LogP contribution in [0.3, 0.4) is 0 Å². The molecule has 1 aliphatic rings. The van der Waals surface area contributed by atoms with Crippen molar-refractivity contribution in [3.63, 3.8) is 0 Å². The fourth-order valence-corrected chi connectivity index (χ4v) is 2.23. The summed E-state index contributed by atoms with van der Waals surface area (Å²) in [5, 5.41) is 8.18. The Morgan fingerprint density at radius 2 is 2.26 bits per heavy atom. The molecule has 19 heavy (non-hydrogen) atoms. The predicted molar refractivity (Wildman–Crippen MR) is 76.4 cm³/mol. The molecule has 1 saturated heterocycles. The summed E-state index contributed by atoms with van der Waals surface area (Å²) in [7, 11) is 0. The highest BCUT2D eigenvalue weighted by atomic mass is 32.1. The summed E-state index contributed by atoms with van der Waals surface area (Å²) in [6.07, 6.45) is 0. The van der Waals surface area contributed by atoms with E-state index in [1.165, 1.54) is 11.3 Å². The van der Waals surface area contributed by atoms with E-state index in [2.05, 4.69) is 27.4 Å². The highest BCUT2D eigenvalue weighted by Crippen LogP contribution is 2.14. The van der Waals surface area contributed by atoms with Crippen LogP contribution in [0.1, 0.15) is 0 Å². The van der Waals surface area contributed by atoms with E-state index in [0.717, 1.165) is 37.8 Å². The number of carbonyl (C=O) groups is 1. The van der Waals surface area contributed by atoms with Gasteiger partial charge in [0.1, 0.15) is 0 Å². The van der Waals surface area contributed by atoms with Gasteiger partial charge in [0.15, 0.2) is 0 Å². The minimum Gasteiger partial charge on any atom is -0.379 e. The van der Waals surface area contributed by atoms with E-state index >= 15 is 0 Å². The molecule has 0 saturated carbocycles. The smallest absolute Gasteiger partial charge is 0.320 e. The van der Waals surface area contributed by atoms with E-state index in [9.17, 15) is 4.79 Å². The normalized spacial score (nSPS) is 15.4. The van der Waals surface area contributed by atoms with E-state index in [1.54, 1.807) is 0 Å². The van der Waals surface area contributed by atoms with Crippen LogP contribution >= 0.6 is 11.3 Å². The molecule has 0 aliphatic carbocycles. The van der Waals surface area contributed by atoms with Gasteiger partial charge >= 0.3 is 6.03 Å². The lowest BCUT2D eigenvalue weighted by molar-refractivity contribution is 0.0443. The van der Waals surface area contributed by atoms with Crippen LogP contribution in [-0.2, 0) is 4.74 Å². The number of hydrogen-bond acceptors (Lipinski definition) is 4. The second-order valence-corrected chi connectivity index (χ2v) is 4.97. The Morgan fingerprint density at radius 3 is 3.00 bits per heavy atom. The van der Waals surface area contributed by atoms with Crippen molar-refractivity contribution >= 4 is 22.4 Å². The lowest BCUT2D eigenvalue weighted by Gasteiger charge is -2.24. The summed E-state index contributed by atoms with van der Waals surface area (Å²) in [4.78, 5) is 13.7. The molecule has 0 spiro atoms. The molecule has 2 N–H and O–H groups in total. The molecule has 1 fully saturated rings. The zero-order valence-electron chi connectivity index (χ0n) is 10.6. The molecule has 1 aromatic heterocycles. The zero-order valence-corrected chi connectivity index (χ0v) is 11.5.